The number of anilines is 3. The minimum absolute atomic E-state index is 0.289. The highest BCUT2D eigenvalue weighted by atomic mass is 15.4. The van der Waals surface area contributed by atoms with Gasteiger partial charge in [0.05, 0.1) is 11.4 Å². The molecule has 0 aliphatic carbocycles. The molecule has 1 aliphatic heterocycles. The SMILES string of the molecule is Cc1cc(-c2ccc(-c3ccccc3)cc2)ccc1N1c2ccccc2N(C)C1C. The molecule has 4 aromatic rings. The molecule has 1 aliphatic rings. The molecule has 0 fully saturated rings. The molecule has 0 amide bonds. The van der Waals surface area contributed by atoms with Crippen molar-refractivity contribution in [3.8, 4) is 22.3 Å². The summed E-state index contributed by atoms with van der Waals surface area (Å²) in [4.78, 5) is 4.78. The first-order valence-corrected chi connectivity index (χ1v) is 10.5. The van der Waals surface area contributed by atoms with Crippen LogP contribution in [0.3, 0.4) is 0 Å². The second-order valence-electron chi connectivity index (χ2n) is 8.05. The number of hydrogen-bond acceptors (Lipinski definition) is 2. The molecule has 1 atom stereocenters. The van der Waals surface area contributed by atoms with Gasteiger partial charge in [0.25, 0.3) is 0 Å². The maximum atomic E-state index is 2.44. The summed E-state index contributed by atoms with van der Waals surface area (Å²) in [7, 11) is 2.17. The van der Waals surface area contributed by atoms with E-state index in [1.165, 1.54) is 44.9 Å². The number of hydrogen-bond donors (Lipinski definition) is 0. The summed E-state index contributed by atoms with van der Waals surface area (Å²) in [6.07, 6.45) is 0.289. The summed E-state index contributed by atoms with van der Waals surface area (Å²) < 4.78 is 0. The summed E-state index contributed by atoms with van der Waals surface area (Å²) >= 11 is 0. The Balaban J connectivity index is 1.47. The zero-order chi connectivity index (χ0) is 20.7. The van der Waals surface area contributed by atoms with Crippen LogP contribution in [0.25, 0.3) is 22.3 Å². The first-order valence-electron chi connectivity index (χ1n) is 10.5. The monoisotopic (exact) mass is 390 g/mol. The molecule has 1 heterocycles. The van der Waals surface area contributed by atoms with Gasteiger partial charge in [-0.05, 0) is 65.9 Å². The Labute approximate surface area is 179 Å². The van der Waals surface area contributed by atoms with Gasteiger partial charge < -0.3 is 9.80 Å². The molecule has 1 unspecified atom stereocenters. The van der Waals surface area contributed by atoms with E-state index in [2.05, 4.69) is 128 Å². The Hall–Kier alpha value is -3.52. The molecule has 30 heavy (non-hydrogen) atoms. The summed E-state index contributed by atoms with van der Waals surface area (Å²) in [5.41, 5.74) is 10.1. The molecule has 4 aromatic carbocycles. The molecule has 2 nitrogen and oxygen atoms in total. The zero-order valence-electron chi connectivity index (χ0n) is 17.7. The second kappa shape index (κ2) is 7.38. The van der Waals surface area contributed by atoms with Gasteiger partial charge in [-0.1, -0.05) is 72.8 Å². The van der Waals surface area contributed by atoms with Gasteiger partial charge in [0.15, 0.2) is 0 Å². The van der Waals surface area contributed by atoms with Crippen LogP contribution in [0.1, 0.15) is 12.5 Å². The van der Waals surface area contributed by atoms with Gasteiger partial charge in [-0.15, -0.1) is 0 Å². The van der Waals surface area contributed by atoms with Crippen LogP contribution in [0.4, 0.5) is 17.1 Å². The topological polar surface area (TPSA) is 6.48 Å². The van der Waals surface area contributed by atoms with Crippen LogP contribution in [0, 0.1) is 6.92 Å². The first-order chi connectivity index (χ1) is 14.6. The molecule has 0 radical (unpaired) electrons. The largest absolute Gasteiger partial charge is 0.353 e. The van der Waals surface area contributed by atoms with Crippen molar-refractivity contribution < 1.29 is 0 Å². The van der Waals surface area contributed by atoms with E-state index in [0.29, 0.717) is 0 Å². The van der Waals surface area contributed by atoms with Crippen molar-refractivity contribution in [1.29, 1.82) is 0 Å². The van der Waals surface area contributed by atoms with Crippen LogP contribution in [-0.2, 0) is 0 Å². The van der Waals surface area contributed by atoms with E-state index in [0.717, 1.165) is 0 Å². The van der Waals surface area contributed by atoms with Gasteiger partial charge in [0, 0.05) is 12.7 Å². The minimum Gasteiger partial charge on any atom is -0.353 e. The summed E-state index contributed by atoms with van der Waals surface area (Å²) in [6.45, 7) is 4.47. The van der Waals surface area contributed by atoms with Crippen molar-refractivity contribution in [3.05, 3.63) is 103 Å². The number of benzene rings is 4. The molecule has 0 N–H and O–H groups in total. The maximum absolute atomic E-state index is 2.44. The molecular weight excluding hydrogens is 364 g/mol. The van der Waals surface area contributed by atoms with Crippen molar-refractivity contribution in [2.45, 2.75) is 20.0 Å². The number of rotatable bonds is 3. The van der Waals surface area contributed by atoms with Crippen molar-refractivity contribution in [2.75, 3.05) is 16.8 Å². The molecule has 0 aromatic heterocycles. The van der Waals surface area contributed by atoms with E-state index in [1.54, 1.807) is 0 Å². The van der Waals surface area contributed by atoms with Crippen molar-refractivity contribution >= 4 is 17.1 Å². The average molecular weight is 391 g/mol. The quantitative estimate of drug-likeness (QED) is 0.363. The average Bonchev–Trinajstić information content (AvgIpc) is 3.05. The van der Waals surface area contributed by atoms with E-state index >= 15 is 0 Å². The summed E-state index contributed by atoms with van der Waals surface area (Å²) in [6, 6.07) is 34.8. The maximum Gasteiger partial charge on any atom is 0.103 e. The molecule has 0 spiro atoms. The van der Waals surface area contributed by atoms with Gasteiger partial charge in [0.1, 0.15) is 6.17 Å². The van der Waals surface area contributed by atoms with Crippen LogP contribution in [0.2, 0.25) is 0 Å². The lowest BCUT2D eigenvalue weighted by Gasteiger charge is -2.29. The van der Waals surface area contributed by atoms with Crippen molar-refractivity contribution in [2.24, 2.45) is 0 Å². The van der Waals surface area contributed by atoms with Gasteiger partial charge in [-0.2, -0.15) is 0 Å². The minimum atomic E-state index is 0.289. The van der Waals surface area contributed by atoms with Gasteiger partial charge >= 0.3 is 0 Å². The smallest absolute Gasteiger partial charge is 0.103 e. The Morgan fingerprint density at radius 2 is 1.10 bits per heavy atom. The molecule has 0 bridgehead atoms. The standard InChI is InChI=1S/C28H26N2/c1-20-19-25(24-15-13-23(14-16-24)22-9-5-4-6-10-22)17-18-26(20)30-21(2)29(3)27-11-7-8-12-28(27)30/h4-19,21H,1-3H3. The Bertz CT molecular complexity index is 1180. The van der Waals surface area contributed by atoms with E-state index in [1.807, 2.05) is 0 Å². The van der Waals surface area contributed by atoms with E-state index in [4.69, 9.17) is 0 Å². The molecule has 2 heteroatoms. The predicted octanol–water partition coefficient (Wildman–Crippen LogP) is 7.26. The van der Waals surface area contributed by atoms with E-state index in [-0.39, 0.29) is 6.17 Å². The van der Waals surface area contributed by atoms with Crippen LogP contribution in [0.5, 0.6) is 0 Å². The van der Waals surface area contributed by atoms with Crippen LogP contribution in [-0.4, -0.2) is 13.2 Å². The lowest BCUT2D eigenvalue weighted by atomic mass is 9.98. The molecule has 0 saturated heterocycles. The normalized spacial score (nSPS) is 15.4. The third-order valence-corrected chi connectivity index (χ3v) is 6.24. The number of nitrogens with zero attached hydrogens (tertiary/aromatic N) is 2. The fourth-order valence-corrected chi connectivity index (χ4v) is 4.46. The van der Waals surface area contributed by atoms with Crippen molar-refractivity contribution in [1.82, 2.24) is 0 Å². The van der Waals surface area contributed by atoms with Crippen LogP contribution >= 0.6 is 0 Å². The fourth-order valence-electron chi connectivity index (χ4n) is 4.46. The number of aryl methyl sites for hydroxylation is 1. The lowest BCUT2D eigenvalue weighted by Crippen LogP contribution is -2.35. The molecule has 5 rings (SSSR count). The highest BCUT2D eigenvalue weighted by molar-refractivity contribution is 5.85. The first kappa shape index (κ1) is 18.5. The van der Waals surface area contributed by atoms with E-state index < -0.39 is 0 Å². The van der Waals surface area contributed by atoms with E-state index in [9.17, 15) is 0 Å². The molecule has 148 valence electrons. The Kier molecular flexibility index (Phi) is 4.55. The predicted molar refractivity (Wildman–Crippen MR) is 128 cm³/mol. The third-order valence-electron chi connectivity index (χ3n) is 6.24. The lowest BCUT2D eigenvalue weighted by molar-refractivity contribution is 0.732. The summed E-state index contributed by atoms with van der Waals surface area (Å²) in [5, 5.41) is 0. The van der Waals surface area contributed by atoms with Crippen LogP contribution < -0.4 is 9.80 Å². The van der Waals surface area contributed by atoms with Gasteiger partial charge in [-0.3, -0.25) is 0 Å². The number of para-hydroxylation sites is 2. The van der Waals surface area contributed by atoms with Gasteiger partial charge in [0.2, 0.25) is 0 Å². The second-order valence-corrected chi connectivity index (χ2v) is 8.05. The highest BCUT2D eigenvalue weighted by Crippen LogP contribution is 2.44. The Morgan fingerprint density at radius 3 is 1.77 bits per heavy atom. The summed E-state index contributed by atoms with van der Waals surface area (Å²) in [5.74, 6) is 0. The van der Waals surface area contributed by atoms with Crippen molar-refractivity contribution in [3.63, 3.8) is 0 Å². The number of fused-ring (bicyclic) bond motifs is 1. The molecule has 0 saturated carbocycles. The van der Waals surface area contributed by atoms with Gasteiger partial charge in [-0.25, -0.2) is 0 Å². The Morgan fingerprint density at radius 1 is 0.567 bits per heavy atom. The third kappa shape index (κ3) is 3.05. The van der Waals surface area contributed by atoms with Crippen LogP contribution in [0.15, 0.2) is 97.1 Å². The highest BCUT2D eigenvalue weighted by Gasteiger charge is 2.31. The zero-order valence-corrected chi connectivity index (χ0v) is 17.7. The fraction of sp³-hybridized carbons (Fsp3) is 0.143. The molecular formula is C28H26N2.